The number of likely N-dealkylation sites (tertiary alicyclic amines) is 1. The molecule has 3 heterocycles. The molecule has 5 rings (SSSR count). The van der Waals surface area contributed by atoms with Crippen molar-refractivity contribution in [3.8, 4) is 17.0 Å². The number of benzene rings is 2. The number of carbonyl (C=O) groups excluding carboxylic acids is 3. The van der Waals surface area contributed by atoms with Crippen molar-refractivity contribution in [2.45, 2.75) is 18.9 Å². The van der Waals surface area contributed by atoms with Gasteiger partial charge in [-0.3, -0.25) is 14.4 Å². The van der Waals surface area contributed by atoms with Crippen molar-refractivity contribution in [1.82, 2.24) is 24.7 Å². The topological polar surface area (TPSA) is 129 Å². The monoisotopic (exact) mass is 630 g/mol. The second-order valence-electron chi connectivity index (χ2n) is 10.8. The SMILES string of the molecule is COc1ccc(-c2cnc(C(=O)Nc3ccc(C(=O)N4CCC(C(=O)N5CCN[C@@H](CO)C5)CC4)c(Cl)c3)n2C)c(F)c1F. The number of anilines is 1. The summed E-state index contributed by atoms with van der Waals surface area (Å²) in [6.07, 6.45) is 2.33. The number of amides is 3. The summed E-state index contributed by atoms with van der Waals surface area (Å²) in [5, 5.41) is 15.4. The fraction of sp³-hybridized carbons (Fsp3) is 0.400. The summed E-state index contributed by atoms with van der Waals surface area (Å²) in [6.45, 7) is 2.47. The summed E-state index contributed by atoms with van der Waals surface area (Å²) in [6, 6.07) is 7.01. The van der Waals surface area contributed by atoms with Gasteiger partial charge in [0.25, 0.3) is 11.8 Å². The molecule has 0 spiro atoms. The van der Waals surface area contributed by atoms with Crippen LogP contribution in [-0.4, -0.2) is 94.7 Å². The van der Waals surface area contributed by atoms with E-state index >= 15 is 0 Å². The van der Waals surface area contributed by atoms with Crippen LogP contribution >= 0.6 is 11.6 Å². The number of piperidine rings is 1. The zero-order chi connectivity index (χ0) is 31.5. The average Bonchev–Trinajstić information content (AvgIpc) is 3.42. The number of rotatable bonds is 7. The summed E-state index contributed by atoms with van der Waals surface area (Å²) < 4.78 is 35.0. The lowest BCUT2D eigenvalue weighted by atomic mass is 9.94. The van der Waals surface area contributed by atoms with Crippen molar-refractivity contribution < 1.29 is 33.0 Å². The van der Waals surface area contributed by atoms with Crippen LogP contribution in [-0.2, 0) is 11.8 Å². The first-order valence-electron chi connectivity index (χ1n) is 14.2. The standard InChI is InChI=1S/C30H33ClF2N6O5/c1-37-23(21-5-6-24(44-2)26(33)25(21)32)14-35-27(37)28(41)36-18-3-4-20(22(31)13-18)30(43)38-10-7-17(8-11-38)29(42)39-12-9-34-19(15-39)16-40/h3-6,13-14,17,19,34,40H,7-12,15-16H2,1-2H3,(H,36,41)/t19-/m1/s1. The van der Waals surface area contributed by atoms with Crippen molar-refractivity contribution in [2.75, 3.05) is 51.8 Å². The number of aromatic nitrogens is 2. The second-order valence-corrected chi connectivity index (χ2v) is 11.2. The lowest BCUT2D eigenvalue weighted by Gasteiger charge is -2.38. The number of ether oxygens (including phenoxy) is 1. The lowest BCUT2D eigenvalue weighted by molar-refractivity contribution is -0.138. The third-order valence-electron chi connectivity index (χ3n) is 8.11. The Hall–Kier alpha value is -4.07. The summed E-state index contributed by atoms with van der Waals surface area (Å²) >= 11 is 6.46. The number of methoxy groups -OCH3 is 1. The van der Waals surface area contributed by atoms with Crippen LogP contribution in [0.5, 0.6) is 5.75 Å². The second kappa shape index (κ2) is 13.3. The Morgan fingerprint density at radius 2 is 1.86 bits per heavy atom. The van der Waals surface area contributed by atoms with Gasteiger partial charge in [0.15, 0.2) is 17.4 Å². The van der Waals surface area contributed by atoms with Gasteiger partial charge in [0, 0.05) is 63.0 Å². The van der Waals surface area contributed by atoms with Gasteiger partial charge in [-0.15, -0.1) is 0 Å². The molecule has 0 aliphatic carbocycles. The number of nitrogens with one attached hydrogen (secondary N) is 2. The van der Waals surface area contributed by atoms with Crippen LogP contribution in [0.2, 0.25) is 5.02 Å². The average molecular weight is 631 g/mol. The Kier molecular flexibility index (Phi) is 9.47. The van der Waals surface area contributed by atoms with E-state index in [1.807, 2.05) is 0 Å². The fourth-order valence-corrected chi connectivity index (χ4v) is 5.88. The van der Waals surface area contributed by atoms with Crippen molar-refractivity contribution in [2.24, 2.45) is 13.0 Å². The van der Waals surface area contributed by atoms with E-state index in [2.05, 4.69) is 15.6 Å². The number of nitrogens with zero attached hydrogens (tertiary/aromatic N) is 4. The van der Waals surface area contributed by atoms with Crippen LogP contribution in [0.4, 0.5) is 14.5 Å². The summed E-state index contributed by atoms with van der Waals surface area (Å²) in [5.74, 6) is -3.60. The Morgan fingerprint density at radius 1 is 1.11 bits per heavy atom. The highest BCUT2D eigenvalue weighted by Gasteiger charge is 2.33. The Balaban J connectivity index is 1.20. The number of carbonyl (C=O) groups is 3. The molecule has 0 bridgehead atoms. The number of halogens is 3. The molecule has 11 nitrogen and oxygen atoms in total. The number of piperazine rings is 1. The minimum Gasteiger partial charge on any atom is -0.494 e. The quantitative estimate of drug-likeness (QED) is 0.366. The molecular weight excluding hydrogens is 598 g/mol. The number of hydrogen-bond acceptors (Lipinski definition) is 7. The van der Waals surface area contributed by atoms with Gasteiger partial charge in [-0.25, -0.2) is 9.37 Å². The van der Waals surface area contributed by atoms with E-state index < -0.39 is 17.5 Å². The van der Waals surface area contributed by atoms with E-state index in [-0.39, 0.29) is 63.8 Å². The third-order valence-corrected chi connectivity index (χ3v) is 8.42. The molecule has 0 radical (unpaired) electrons. The fourth-order valence-electron chi connectivity index (χ4n) is 5.62. The molecule has 0 unspecified atom stereocenters. The third kappa shape index (κ3) is 6.26. The Morgan fingerprint density at radius 3 is 2.55 bits per heavy atom. The van der Waals surface area contributed by atoms with E-state index in [1.165, 1.54) is 55.3 Å². The molecule has 3 amide bonds. The van der Waals surface area contributed by atoms with Crippen molar-refractivity contribution >= 4 is 35.0 Å². The Labute approximate surface area is 257 Å². The maximum Gasteiger partial charge on any atom is 0.291 e. The number of aliphatic hydroxyl groups is 1. The van der Waals surface area contributed by atoms with Gasteiger partial charge in [0.2, 0.25) is 11.7 Å². The van der Waals surface area contributed by atoms with Crippen LogP contribution in [0.15, 0.2) is 36.5 Å². The van der Waals surface area contributed by atoms with Crippen LogP contribution in [0.3, 0.4) is 0 Å². The normalized spacial score (nSPS) is 17.5. The highest BCUT2D eigenvalue weighted by Crippen LogP contribution is 2.31. The minimum absolute atomic E-state index is 0.0297. The van der Waals surface area contributed by atoms with Crippen molar-refractivity contribution in [1.29, 1.82) is 0 Å². The van der Waals surface area contributed by atoms with Gasteiger partial charge in [-0.1, -0.05) is 11.6 Å². The van der Waals surface area contributed by atoms with E-state index in [4.69, 9.17) is 16.3 Å². The van der Waals surface area contributed by atoms with E-state index in [0.29, 0.717) is 51.3 Å². The largest absolute Gasteiger partial charge is 0.494 e. The molecule has 0 saturated carbocycles. The predicted molar refractivity (Wildman–Crippen MR) is 159 cm³/mol. The highest BCUT2D eigenvalue weighted by molar-refractivity contribution is 6.34. The van der Waals surface area contributed by atoms with Crippen LogP contribution < -0.4 is 15.4 Å². The van der Waals surface area contributed by atoms with Crippen LogP contribution in [0.25, 0.3) is 11.3 Å². The molecule has 3 N–H and O–H groups in total. The molecule has 2 fully saturated rings. The number of aliphatic hydroxyl groups excluding tert-OH is 1. The maximum atomic E-state index is 14.6. The van der Waals surface area contributed by atoms with Gasteiger partial charge in [-0.05, 0) is 43.2 Å². The van der Waals surface area contributed by atoms with E-state index in [0.717, 1.165) is 0 Å². The molecule has 14 heteroatoms. The number of imidazole rings is 1. The van der Waals surface area contributed by atoms with Gasteiger partial charge in [0.1, 0.15) is 0 Å². The van der Waals surface area contributed by atoms with Gasteiger partial charge < -0.3 is 34.8 Å². The molecule has 1 aromatic heterocycles. The van der Waals surface area contributed by atoms with Crippen molar-refractivity contribution in [3.63, 3.8) is 0 Å². The first-order chi connectivity index (χ1) is 21.1. The van der Waals surface area contributed by atoms with Gasteiger partial charge >= 0.3 is 0 Å². The molecular formula is C30H33ClF2N6O5. The number of hydrogen-bond donors (Lipinski definition) is 3. The highest BCUT2D eigenvalue weighted by atomic mass is 35.5. The van der Waals surface area contributed by atoms with Crippen molar-refractivity contribution in [3.05, 3.63) is 64.6 Å². The molecule has 2 aromatic carbocycles. The summed E-state index contributed by atoms with van der Waals surface area (Å²) in [5.41, 5.74) is 0.666. The summed E-state index contributed by atoms with van der Waals surface area (Å²) in [7, 11) is 2.73. The lowest BCUT2D eigenvalue weighted by Crippen LogP contribution is -2.56. The molecule has 234 valence electrons. The molecule has 3 aromatic rings. The van der Waals surface area contributed by atoms with Crippen LogP contribution in [0, 0.1) is 17.6 Å². The Bertz CT molecular complexity index is 1580. The van der Waals surface area contributed by atoms with E-state index in [1.54, 1.807) is 9.80 Å². The molecule has 44 heavy (non-hydrogen) atoms. The van der Waals surface area contributed by atoms with Gasteiger partial charge in [0.05, 0.1) is 36.2 Å². The summed E-state index contributed by atoms with van der Waals surface area (Å²) in [4.78, 5) is 46.8. The maximum absolute atomic E-state index is 14.6. The predicted octanol–water partition coefficient (Wildman–Crippen LogP) is 2.92. The first-order valence-corrected chi connectivity index (χ1v) is 14.6. The zero-order valence-corrected chi connectivity index (χ0v) is 25.0. The zero-order valence-electron chi connectivity index (χ0n) is 24.3. The van der Waals surface area contributed by atoms with E-state index in [9.17, 15) is 28.3 Å². The molecule has 2 aliphatic heterocycles. The first kappa shape index (κ1) is 31.4. The minimum atomic E-state index is -1.15. The molecule has 2 saturated heterocycles. The molecule has 1 atom stereocenters. The van der Waals surface area contributed by atoms with Crippen LogP contribution in [0.1, 0.15) is 33.8 Å². The molecule has 2 aliphatic rings. The smallest absolute Gasteiger partial charge is 0.291 e. The van der Waals surface area contributed by atoms with Gasteiger partial charge in [-0.2, -0.15) is 4.39 Å².